The van der Waals surface area contributed by atoms with Gasteiger partial charge in [-0.3, -0.25) is 9.59 Å². The number of hydrogen-bond donors (Lipinski definition) is 3. The number of nitrogens with zero attached hydrogens (tertiary/aromatic N) is 2. The lowest BCUT2D eigenvalue weighted by Crippen LogP contribution is -2.49. The van der Waals surface area contributed by atoms with Gasteiger partial charge in [0.15, 0.2) is 0 Å². The zero-order valence-electron chi connectivity index (χ0n) is 23.5. The number of benzene rings is 3. The highest BCUT2D eigenvalue weighted by atomic mass is 35.5. The van der Waals surface area contributed by atoms with Crippen LogP contribution in [0.25, 0.3) is 0 Å². The molecule has 0 bridgehead atoms. The second-order valence-corrected chi connectivity index (χ2v) is 11.4. The number of carbonyl (C=O) groups is 3. The topological polar surface area (TPSA) is 93.8 Å². The van der Waals surface area contributed by atoms with E-state index >= 15 is 0 Å². The normalized spacial score (nSPS) is 13.8. The van der Waals surface area contributed by atoms with Gasteiger partial charge >= 0.3 is 6.03 Å². The fourth-order valence-electron chi connectivity index (χ4n) is 4.56. The van der Waals surface area contributed by atoms with E-state index in [2.05, 4.69) is 20.9 Å². The smallest absolute Gasteiger partial charge is 0.317 e. The third-order valence-corrected chi connectivity index (χ3v) is 6.92. The summed E-state index contributed by atoms with van der Waals surface area (Å²) in [6.07, 6.45) is 0.721. The molecule has 0 aliphatic carbocycles. The fourth-order valence-corrected chi connectivity index (χ4v) is 4.78. The molecule has 3 aromatic carbocycles. The van der Waals surface area contributed by atoms with Crippen LogP contribution in [-0.4, -0.2) is 54.5 Å². The van der Waals surface area contributed by atoms with Crippen molar-refractivity contribution < 1.29 is 18.8 Å². The first-order valence-electron chi connectivity index (χ1n) is 13.5. The van der Waals surface area contributed by atoms with Crippen molar-refractivity contribution in [3.8, 4) is 0 Å². The summed E-state index contributed by atoms with van der Waals surface area (Å²) in [4.78, 5) is 43.1. The molecule has 8 nitrogen and oxygen atoms in total. The molecule has 0 radical (unpaired) electrons. The van der Waals surface area contributed by atoms with E-state index in [1.165, 1.54) is 12.1 Å². The zero-order chi connectivity index (χ0) is 29.6. The third kappa shape index (κ3) is 8.20. The van der Waals surface area contributed by atoms with E-state index in [0.717, 1.165) is 12.0 Å². The highest BCUT2D eigenvalue weighted by Gasteiger charge is 2.25. The van der Waals surface area contributed by atoms with Gasteiger partial charge in [-0.2, -0.15) is 0 Å². The fraction of sp³-hybridized carbons (Fsp3) is 0.323. The van der Waals surface area contributed by atoms with Crippen molar-refractivity contribution in [1.29, 1.82) is 0 Å². The van der Waals surface area contributed by atoms with Gasteiger partial charge in [0.25, 0.3) is 11.8 Å². The predicted octanol–water partition coefficient (Wildman–Crippen LogP) is 5.68. The molecule has 10 heteroatoms. The minimum Gasteiger partial charge on any atom is -0.369 e. The first kappa shape index (κ1) is 29.9. The Hall–Kier alpha value is -4.11. The van der Waals surface area contributed by atoms with Crippen LogP contribution in [0.4, 0.5) is 20.6 Å². The van der Waals surface area contributed by atoms with Gasteiger partial charge in [-0.05, 0) is 75.2 Å². The summed E-state index contributed by atoms with van der Waals surface area (Å²) in [7, 11) is 0. The lowest BCUT2D eigenvalue weighted by Gasteiger charge is -2.28. The molecule has 1 fully saturated rings. The molecule has 3 aromatic rings. The van der Waals surface area contributed by atoms with Gasteiger partial charge in [0.2, 0.25) is 0 Å². The van der Waals surface area contributed by atoms with Crippen molar-refractivity contribution in [1.82, 2.24) is 15.5 Å². The minimum absolute atomic E-state index is 0.116. The van der Waals surface area contributed by atoms with Crippen molar-refractivity contribution in [2.75, 3.05) is 36.4 Å². The summed E-state index contributed by atoms with van der Waals surface area (Å²) in [5.74, 6) is -1.09. The van der Waals surface area contributed by atoms with Crippen LogP contribution in [-0.2, 0) is 6.54 Å². The van der Waals surface area contributed by atoms with Crippen LogP contribution in [0, 0.1) is 5.82 Å². The van der Waals surface area contributed by atoms with Crippen LogP contribution in [0.2, 0.25) is 5.02 Å². The molecule has 0 unspecified atom stereocenters. The standard InChI is InChI=1S/C31H35ClFN5O3/c1-31(2,3)36-30(41)38-16-6-15-37(17-18-38)27-14-13-23(35-29(40)24-7-4-5-8-26(24)32)19-25(27)28(39)34-20-21-9-11-22(33)12-10-21/h4-5,7-14,19H,6,15-18,20H2,1-3H3,(H,34,39)(H,35,40)(H,36,41). The lowest BCUT2D eigenvalue weighted by molar-refractivity contribution is 0.0950. The molecule has 1 aliphatic rings. The van der Waals surface area contributed by atoms with Crippen molar-refractivity contribution in [3.63, 3.8) is 0 Å². The second kappa shape index (κ2) is 13.0. The maximum atomic E-state index is 13.5. The Labute approximate surface area is 244 Å². The molecule has 41 heavy (non-hydrogen) atoms. The van der Waals surface area contributed by atoms with Gasteiger partial charge < -0.3 is 25.8 Å². The summed E-state index contributed by atoms with van der Waals surface area (Å²) >= 11 is 6.20. The van der Waals surface area contributed by atoms with Crippen LogP contribution < -0.4 is 20.9 Å². The summed E-state index contributed by atoms with van der Waals surface area (Å²) in [5.41, 5.74) is 2.23. The molecule has 3 N–H and O–H groups in total. The Morgan fingerprint density at radius 3 is 2.32 bits per heavy atom. The van der Waals surface area contributed by atoms with Gasteiger partial charge in [0.05, 0.1) is 16.1 Å². The monoisotopic (exact) mass is 579 g/mol. The summed E-state index contributed by atoms with van der Waals surface area (Å²) in [6.45, 7) is 8.29. The van der Waals surface area contributed by atoms with E-state index in [-0.39, 0.29) is 29.8 Å². The molecule has 1 heterocycles. The van der Waals surface area contributed by atoms with E-state index in [0.29, 0.717) is 53.7 Å². The Morgan fingerprint density at radius 1 is 0.878 bits per heavy atom. The Morgan fingerprint density at radius 2 is 1.61 bits per heavy atom. The average molecular weight is 580 g/mol. The van der Waals surface area contributed by atoms with Crippen molar-refractivity contribution in [2.45, 2.75) is 39.3 Å². The molecular weight excluding hydrogens is 545 g/mol. The van der Waals surface area contributed by atoms with Crippen molar-refractivity contribution in [2.24, 2.45) is 0 Å². The molecule has 1 saturated heterocycles. The second-order valence-electron chi connectivity index (χ2n) is 11.0. The van der Waals surface area contributed by atoms with Gasteiger partial charge in [-0.1, -0.05) is 35.9 Å². The minimum atomic E-state index is -0.392. The van der Waals surface area contributed by atoms with E-state index < -0.39 is 5.91 Å². The molecule has 0 saturated carbocycles. The van der Waals surface area contributed by atoms with Gasteiger partial charge in [-0.15, -0.1) is 0 Å². The van der Waals surface area contributed by atoms with E-state index in [1.54, 1.807) is 59.5 Å². The van der Waals surface area contributed by atoms with Crippen LogP contribution >= 0.6 is 11.6 Å². The lowest BCUT2D eigenvalue weighted by atomic mass is 10.1. The number of halogens is 2. The first-order chi connectivity index (χ1) is 19.5. The van der Waals surface area contributed by atoms with Crippen LogP contribution in [0.5, 0.6) is 0 Å². The molecule has 4 amide bonds. The van der Waals surface area contributed by atoms with E-state index in [1.807, 2.05) is 20.8 Å². The number of nitrogens with one attached hydrogen (secondary N) is 3. The molecule has 0 spiro atoms. The maximum Gasteiger partial charge on any atom is 0.317 e. The maximum absolute atomic E-state index is 13.5. The Balaban J connectivity index is 1.56. The number of amides is 4. The number of hydrogen-bond acceptors (Lipinski definition) is 4. The quantitative estimate of drug-likeness (QED) is 0.350. The zero-order valence-corrected chi connectivity index (χ0v) is 24.2. The molecule has 0 atom stereocenters. The molecule has 1 aliphatic heterocycles. The molecule has 0 aromatic heterocycles. The Bertz CT molecular complexity index is 1410. The predicted molar refractivity (Wildman–Crippen MR) is 160 cm³/mol. The number of urea groups is 1. The highest BCUT2D eigenvalue weighted by Crippen LogP contribution is 2.27. The van der Waals surface area contributed by atoms with E-state index in [9.17, 15) is 18.8 Å². The van der Waals surface area contributed by atoms with Gasteiger partial charge in [-0.25, -0.2) is 9.18 Å². The summed E-state index contributed by atoms with van der Waals surface area (Å²) in [5, 5.41) is 9.08. The summed E-state index contributed by atoms with van der Waals surface area (Å²) in [6, 6.07) is 17.7. The molecular formula is C31H35ClFN5O3. The van der Waals surface area contributed by atoms with E-state index in [4.69, 9.17) is 11.6 Å². The van der Waals surface area contributed by atoms with Crippen molar-refractivity contribution in [3.05, 3.63) is 94.3 Å². The average Bonchev–Trinajstić information content (AvgIpc) is 3.18. The largest absolute Gasteiger partial charge is 0.369 e. The number of rotatable bonds is 6. The summed E-state index contributed by atoms with van der Waals surface area (Å²) < 4.78 is 13.3. The highest BCUT2D eigenvalue weighted by molar-refractivity contribution is 6.34. The molecule has 4 rings (SSSR count). The van der Waals surface area contributed by atoms with Gasteiger partial charge in [0.1, 0.15) is 5.82 Å². The first-order valence-corrected chi connectivity index (χ1v) is 13.9. The third-order valence-electron chi connectivity index (χ3n) is 6.59. The van der Waals surface area contributed by atoms with Crippen molar-refractivity contribution >= 4 is 40.8 Å². The Kier molecular flexibility index (Phi) is 9.50. The van der Waals surface area contributed by atoms with Crippen LogP contribution in [0.1, 0.15) is 53.5 Å². The van der Waals surface area contributed by atoms with Gasteiger partial charge in [0, 0.05) is 49.6 Å². The number of carbonyl (C=O) groups excluding carboxylic acids is 3. The number of anilines is 2. The van der Waals surface area contributed by atoms with Crippen LogP contribution in [0.3, 0.4) is 0 Å². The SMILES string of the molecule is CC(C)(C)NC(=O)N1CCCN(c2ccc(NC(=O)c3ccccc3Cl)cc2C(=O)NCc2ccc(F)cc2)CC1. The van der Waals surface area contributed by atoms with Crippen LogP contribution in [0.15, 0.2) is 66.7 Å². The molecule has 216 valence electrons.